The largest absolute Gasteiger partial charge is 0.355 e. The minimum absolute atomic E-state index is 0.0194. The molecule has 2 aliphatic heterocycles. The quantitative estimate of drug-likeness (QED) is 0.399. The van der Waals surface area contributed by atoms with Crippen LogP contribution in [0.5, 0.6) is 0 Å². The molecule has 9 nitrogen and oxygen atoms in total. The van der Waals surface area contributed by atoms with E-state index in [9.17, 15) is 14.4 Å². The molecular formula is C28H29FN8O. The Morgan fingerprint density at radius 1 is 1.05 bits per heavy atom. The maximum Gasteiger partial charge on any atom is 0.256 e. The van der Waals surface area contributed by atoms with Crippen molar-refractivity contribution < 1.29 is 9.18 Å². The van der Waals surface area contributed by atoms with E-state index in [0.29, 0.717) is 41.2 Å². The molecule has 1 amide bonds. The Bertz CT molecular complexity index is 1620. The Labute approximate surface area is 219 Å². The van der Waals surface area contributed by atoms with Gasteiger partial charge < -0.3 is 9.80 Å². The maximum atomic E-state index is 14.6. The lowest BCUT2D eigenvalue weighted by atomic mass is 9.97. The first-order valence-electron chi connectivity index (χ1n) is 13.1. The molecule has 0 N–H and O–H groups in total. The molecule has 1 aromatic carbocycles. The van der Waals surface area contributed by atoms with Crippen LogP contribution in [-0.4, -0.2) is 55.0 Å². The molecule has 2 fully saturated rings. The molecule has 0 radical (unpaired) electrons. The summed E-state index contributed by atoms with van der Waals surface area (Å²) in [5, 5.41) is 14.1. The topological polar surface area (TPSA) is 103 Å². The van der Waals surface area contributed by atoms with Gasteiger partial charge in [-0.05, 0) is 52.5 Å². The minimum Gasteiger partial charge on any atom is -0.355 e. The highest BCUT2D eigenvalue weighted by atomic mass is 19.1. The van der Waals surface area contributed by atoms with Crippen LogP contribution < -0.4 is 4.90 Å². The van der Waals surface area contributed by atoms with Crippen molar-refractivity contribution in [1.29, 1.82) is 5.26 Å². The first-order valence-corrected chi connectivity index (χ1v) is 13.1. The molecule has 0 bridgehead atoms. The number of amides is 1. The fourth-order valence-corrected chi connectivity index (χ4v) is 5.66. The van der Waals surface area contributed by atoms with E-state index in [1.165, 1.54) is 12.1 Å². The number of hydrogen-bond acceptors (Lipinski definition) is 7. The number of aromatic nitrogens is 5. The van der Waals surface area contributed by atoms with Gasteiger partial charge in [-0.2, -0.15) is 10.4 Å². The highest BCUT2D eigenvalue weighted by Gasteiger charge is 2.33. The molecule has 6 rings (SSSR count). The zero-order valence-corrected chi connectivity index (χ0v) is 21.8. The SMILES string of the molecule is Cc1cn2nc(C3CCCCN3C(=O)c3cc(F)cc4nc(C)c(C)nc34)cc2nc1N1CCC(C#N)C1. The van der Waals surface area contributed by atoms with Crippen LogP contribution in [0.15, 0.2) is 24.4 Å². The smallest absolute Gasteiger partial charge is 0.256 e. The summed E-state index contributed by atoms with van der Waals surface area (Å²) in [6, 6.07) is 6.64. The number of aryl methyl sites for hydroxylation is 3. The minimum atomic E-state index is -0.507. The third-order valence-corrected chi connectivity index (χ3v) is 7.78. The van der Waals surface area contributed by atoms with Crippen LogP contribution in [-0.2, 0) is 0 Å². The fourth-order valence-electron chi connectivity index (χ4n) is 5.66. The van der Waals surface area contributed by atoms with Gasteiger partial charge in [0, 0.05) is 43.5 Å². The monoisotopic (exact) mass is 512 g/mol. The first-order chi connectivity index (χ1) is 18.3. The summed E-state index contributed by atoms with van der Waals surface area (Å²) < 4.78 is 16.3. The number of carbonyl (C=O) groups is 1. The molecule has 3 aromatic heterocycles. The van der Waals surface area contributed by atoms with E-state index in [-0.39, 0.29) is 23.4 Å². The summed E-state index contributed by atoms with van der Waals surface area (Å²) in [5.41, 5.74) is 4.89. The molecule has 2 aliphatic rings. The summed E-state index contributed by atoms with van der Waals surface area (Å²) in [4.78, 5) is 31.8. The van der Waals surface area contributed by atoms with Gasteiger partial charge in [-0.3, -0.25) is 4.79 Å². The second-order valence-corrected chi connectivity index (χ2v) is 10.4. The molecular weight excluding hydrogens is 483 g/mol. The average Bonchev–Trinajstić information content (AvgIpc) is 3.55. The van der Waals surface area contributed by atoms with E-state index in [4.69, 9.17) is 10.1 Å². The highest BCUT2D eigenvalue weighted by Crippen LogP contribution is 2.34. The number of likely N-dealkylation sites (tertiary alicyclic amines) is 1. The van der Waals surface area contributed by atoms with Gasteiger partial charge in [0.2, 0.25) is 0 Å². The average molecular weight is 513 g/mol. The van der Waals surface area contributed by atoms with Gasteiger partial charge in [-0.1, -0.05) is 0 Å². The molecule has 2 unspecified atom stereocenters. The lowest BCUT2D eigenvalue weighted by Gasteiger charge is -2.35. The van der Waals surface area contributed by atoms with Crippen molar-refractivity contribution in [3.63, 3.8) is 0 Å². The van der Waals surface area contributed by atoms with Gasteiger partial charge in [-0.15, -0.1) is 0 Å². The molecule has 0 saturated carbocycles. The number of rotatable bonds is 3. The predicted molar refractivity (Wildman–Crippen MR) is 140 cm³/mol. The molecule has 5 heterocycles. The summed E-state index contributed by atoms with van der Waals surface area (Å²) in [6.07, 6.45) is 5.38. The predicted octanol–water partition coefficient (Wildman–Crippen LogP) is 4.45. The number of anilines is 1. The standard InChI is InChI=1S/C28H29FN8O/c1-16-14-37-25(33-27(16)35-9-7-19(13-30)15-35)12-22(34-37)24-6-4-5-8-36(24)28(38)21-10-20(29)11-23-26(21)32-18(3)17(2)31-23/h10-12,14,19,24H,4-9,15H2,1-3H3. The molecule has 38 heavy (non-hydrogen) atoms. The third-order valence-electron chi connectivity index (χ3n) is 7.78. The Hall–Kier alpha value is -4.13. The molecule has 0 aliphatic carbocycles. The molecule has 2 atom stereocenters. The first kappa shape index (κ1) is 24.2. The molecule has 10 heteroatoms. The van der Waals surface area contributed by atoms with Gasteiger partial charge >= 0.3 is 0 Å². The fraction of sp³-hybridized carbons (Fsp3) is 0.429. The summed E-state index contributed by atoms with van der Waals surface area (Å²) in [7, 11) is 0. The van der Waals surface area contributed by atoms with Crippen molar-refractivity contribution in [3.05, 3.63) is 58.4 Å². The molecule has 4 aromatic rings. The zero-order chi connectivity index (χ0) is 26.6. The van der Waals surface area contributed by atoms with Gasteiger partial charge in [-0.25, -0.2) is 23.9 Å². The van der Waals surface area contributed by atoms with Gasteiger partial charge in [0.15, 0.2) is 5.65 Å². The number of nitriles is 1. The maximum absolute atomic E-state index is 14.6. The Morgan fingerprint density at radius 3 is 2.66 bits per heavy atom. The Kier molecular flexibility index (Phi) is 5.94. The van der Waals surface area contributed by atoms with Gasteiger partial charge in [0.05, 0.1) is 46.2 Å². The van der Waals surface area contributed by atoms with E-state index in [2.05, 4.69) is 20.9 Å². The van der Waals surface area contributed by atoms with Crippen molar-refractivity contribution in [3.8, 4) is 6.07 Å². The van der Waals surface area contributed by atoms with Crippen LogP contribution >= 0.6 is 0 Å². The number of piperidine rings is 1. The van der Waals surface area contributed by atoms with Crippen molar-refractivity contribution in [1.82, 2.24) is 29.5 Å². The lowest BCUT2D eigenvalue weighted by Crippen LogP contribution is -2.39. The van der Waals surface area contributed by atoms with Crippen LogP contribution in [0.25, 0.3) is 16.7 Å². The van der Waals surface area contributed by atoms with Gasteiger partial charge in [0.1, 0.15) is 17.2 Å². The number of carbonyl (C=O) groups excluding carboxylic acids is 1. The Morgan fingerprint density at radius 2 is 1.87 bits per heavy atom. The van der Waals surface area contributed by atoms with Crippen molar-refractivity contribution in [2.45, 2.75) is 52.5 Å². The van der Waals surface area contributed by atoms with Gasteiger partial charge in [0.25, 0.3) is 5.91 Å². The number of nitrogens with zero attached hydrogens (tertiary/aromatic N) is 8. The van der Waals surface area contributed by atoms with Crippen LogP contribution in [0.1, 0.15) is 64.7 Å². The highest BCUT2D eigenvalue weighted by molar-refractivity contribution is 6.05. The second kappa shape index (κ2) is 9.31. The third kappa shape index (κ3) is 4.12. The van der Waals surface area contributed by atoms with Crippen LogP contribution in [0, 0.1) is 43.8 Å². The molecule has 2 saturated heterocycles. The second-order valence-electron chi connectivity index (χ2n) is 10.4. The number of benzene rings is 1. The number of hydrogen-bond donors (Lipinski definition) is 0. The van der Waals surface area contributed by atoms with E-state index in [1.807, 2.05) is 33.0 Å². The van der Waals surface area contributed by atoms with Crippen LogP contribution in [0.3, 0.4) is 0 Å². The van der Waals surface area contributed by atoms with E-state index >= 15 is 0 Å². The summed E-state index contributed by atoms with van der Waals surface area (Å²) in [5.74, 6) is 0.116. The summed E-state index contributed by atoms with van der Waals surface area (Å²) in [6.45, 7) is 7.69. The van der Waals surface area contributed by atoms with Crippen LogP contribution in [0.4, 0.5) is 10.2 Å². The molecule has 0 spiro atoms. The van der Waals surface area contributed by atoms with Crippen molar-refractivity contribution in [2.75, 3.05) is 24.5 Å². The van der Waals surface area contributed by atoms with E-state index < -0.39 is 5.82 Å². The number of fused-ring (bicyclic) bond motifs is 2. The van der Waals surface area contributed by atoms with Crippen molar-refractivity contribution in [2.24, 2.45) is 5.92 Å². The zero-order valence-electron chi connectivity index (χ0n) is 21.8. The normalized spacial score (nSPS) is 19.9. The lowest BCUT2D eigenvalue weighted by molar-refractivity contribution is 0.0607. The summed E-state index contributed by atoms with van der Waals surface area (Å²) >= 11 is 0. The molecule has 194 valence electrons. The van der Waals surface area contributed by atoms with E-state index in [0.717, 1.165) is 49.3 Å². The number of halogens is 1. The van der Waals surface area contributed by atoms with E-state index in [1.54, 1.807) is 9.42 Å². The van der Waals surface area contributed by atoms with Crippen molar-refractivity contribution >= 4 is 28.4 Å². The Balaban J connectivity index is 1.37. The van der Waals surface area contributed by atoms with Crippen LogP contribution in [0.2, 0.25) is 0 Å².